The third kappa shape index (κ3) is 2.72. The largest absolute Gasteiger partial charge is 0.497 e. The van der Waals surface area contributed by atoms with E-state index in [1.807, 2.05) is 23.1 Å². The Labute approximate surface area is 132 Å². The minimum Gasteiger partial charge on any atom is -0.497 e. The second kappa shape index (κ2) is 6.29. The zero-order chi connectivity index (χ0) is 15.6. The number of ether oxygens (including phenoxy) is 1. The van der Waals surface area contributed by atoms with Crippen molar-refractivity contribution in [2.75, 3.05) is 20.2 Å². The molecule has 1 amide bonds. The summed E-state index contributed by atoms with van der Waals surface area (Å²) in [5.41, 5.74) is 6.81. The minimum atomic E-state index is -0.369. The monoisotopic (exact) mass is 302 g/mol. The third-order valence-corrected chi connectivity index (χ3v) is 5.23. The number of carbonyl (C=O) groups is 1. The summed E-state index contributed by atoms with van der Waals surface area (Å²) in [7, 11) is 1.67. The maximum absolute atomic E-state index is 13.3. The predicted octanol–water partition coefficient (Wildman–Crippen LogP) is 2.46. The Morgan fingerprint density at radius 3 is 2.77 bits per heavy atom. The van der Waals surface area contributed by atoms with Gasteiger partial charge in [0.15, 0.2) is 0 Å². The summed E-state index contributed by atoms with van der Waals surface area (Å²) in [4.78, 5) is 15.3. The quantitative estimate of drug-likeness (QED) is 0.933. The first kappa shape index (κ1) is 15.3. The van der Waals surface area contributed by atoms with Crippen molar-refractivity contribution < 1.29 is 9.53 Å². The van der Waals surface area contributed by atoms with Crippen molar-refractivity contribution in [2.24, 2.45) is 5.73 Å². The first-order valence-corrected chi connectivity index (χ1v) is 8.35. The van der Waals surface area contributed by atoms with Crippen LogP contribution in [0.5, 0.6) is 5.75 Å². The van der Waals surface area contributed by atoms with Crippen molar-refractivity contribution in [3.63, 3.8) is 0 Å². The van der Waals surface area contributed by atoms with Gasteiger partial charge < -0.3 is 15.4 Å². The van der Waals surface area contributed by atoms with Crippen LogP contribution in [0, 0.1) is 0 Å². The standard InChI is InChI=1S/C18H26N2O2/c1-22-16-8-4-6-14(12-16)18(9-2-3-10-18)17(21)20-11-5-7-15(19)13-20/h4,6,8,12,15H,2-3,5,7,9-11,13,19H2,1H3. The molecule has 3 rings (SSSR count). The molecule has 2 aliphatic rings. The molecule has 0 aromatic heterocycles. The molecule has 1 saturated carbocycles. The molecule has 2 fully saturated rings. The van der Waals surface area contributed by atoms with Gasteiger partial charge in [-0.1, -0.05) is 25.0 Å². The highest BCUT2D eigenvalue weighted by Crippen LogP contribution is 2.43. The Kier molecular flexibility index (Phi) is 4.39. The fourth-order valence-electron chi connectivity index (χ4n) is 4.02. The van der Waals surface area contributed by atoms with Gasteiger partial charge in [0.1, 0.15) is 5.75 Å². The maximum Gasteiger partial charge on any atom is 0.233 e. The summed E-state index contributed by atoms with van der Waals surface area (Å²) >= 11 is 0. The Hall–Kier alpha value is -1.55. The summed E-state index contributed by atoms with van der Waals surface area (Å²) in [5, 5.41) is 0. The van der Waals surface area contributed by atoms with E-state index in [0.29, 0.717) is 6.54 Å². The third-order valence-electron chi connectivity index (χ3n) is 5.23. The summed E-state index contributed by atoms with van der Waals surface area (Å²) in [6, 6.07) is 8.17. The van der Waals surface area contributed by atoms with Gasteiger partial charge in [0, 0.05) is 19.1 Å². The number of hydrogen-bond acceptors (Lipinski definition) is 3. The Balaban J connectivity index is 1.92. The van der Waals surface area contributed by atoms with E-state index in [1.54, 1.807) is 7.11 Å². The fraction of sp³-hybridized carbons (Fsp3) is 0.611. The van der Waals surface area contributed by atoms with E-state index in [9.17, 15) is 4.79 Å². The zero-order valence-corrected chi connectivity index (χ0v) is 13.4. The lowest BCUT2D eigenvalue weighted by Crippen LogP contribution is -2.52. The second-order valence-electron chi connectivity index (χ2n) is 6.67. The number of piperidine rings is 1. The SMILES string of the molecule is COc1cccc(C2(C(=O)N3CCCC(N)C3)CCCC2)c1. The van der Waals surface area contributed by atoms with E-state index in [1.165, 1.54) is 0 Å². The topological polar surface area (TPSA) is 55.6 Å². The average molecular weight is 302 g/mol. The molecule has 1 aromatic carbocycles. The number of amides is 1. The van der Waals surface area contributed by atoms with Gasteiger partial charge in [-0.05, 0) is 43.4 Å². The van der Waals surface area contributed by atoms with Crippen molar-refractivity contribution >= 4 is 5.91 Å². The molecule has 0 radical (unpaired) electrons. The van der Waals surface area contributed by atoms with E-state index >= 15 is 0 Å². The molecule has 4 heteroatoms. The van der Waals surface area contributed by atoms with Crippen LogP contribution in [0.2, 0.25) is 0 Å². The summed E-state index contributed by atoms with van der Waals surface area (Å²) < 4.78 is 5.36. The van der Waals surface area contributed by atoms with E-state index in [0.717, 1.165) is 56.4 Å². The van der Waals surface area contributed by atoms with Gasteiger partial charge in [-0.3, -0.25) is 4.79 Å². The molecule has 22 heavy (non-hydrogen) atoms. The normalized spacial score (nSPS) is 24.3. The molecule has 1 atom stereocenters. The molecular formula is C18H26N2O2. The maximum atomic E-state index is 13.3. The first-order chi connectivity index (χ1) is 10.7. The molecule has 1 heterocycles. The van der Waals surface area contributed by atoms with Gasteiger partial charge in [0.25, 0.3) is 0 Å². The molecular weight excluding hydrogens is 276 g/mol. The van der Waals surface area contributed by atoms with Crippen LogP contribution >= 0.6 is 0 Å². The highest BCUT2D eigenvalue weighted by atomic mass is 16.5. The number of nitrogens with zero attached hydrogens (tertiary/aromatic N) is 1. The average Bonchev–Trinajstić information content (AvgIpc) is 3.05. The first-order valence-electron chi connectivity index (χ1n) is 8.35. The number of methoxy groups -OCH3 is 1. The predicted molar refractivity (Wildman–Crippen MR) is 86.9 cm³/mol. The zero-order valence-electron chi connectivity index (χ0n) is 13.4. The number of carbonyl (C=O) groups excluding carboxylic acids is 1. The van der Waals surface area contributed by atoms with Crippen LogP contribution in [0.15, 0.2) is 24.3 Å². The molecule has 1 unspecified atom stereocenters. The number of nitrogens with two attached hydrogens (primary N) is 1. The molecule has 1 aliphatic heterocycles. The van der Waals surface area contributed by atoms with Gasteiger partial charge in [0.05, 0.1) is 12.5 Å². The van der Waals surface area contributed by atoms with Gasteiger partial charge in [0.2, 0.25) is 5.91 Å². The Morgan fingerprint density at radius 2 is 2.09 bits per heavy atom. The second-order valence-corrected chi connectivity index (χ2v) is 6.67. The highest BCUT2D eigenvalue weighted by Gasteiger charge is 2.45. The van der Waals surface area contributed by atoms with Crippen LogP contribution in [0.1, 0.15) is 44.1 Å². The van der Waals surface area contributed by atoms with E-state index in [-0.39, 0.29) is 17.4 Å². The van der Waals surface area contributed by atoms with Crippen LogP contribution in [0.4, 0.5) is 0 Å². The molecule has 1 aliphatic carbocycles. The van der Waals surface area contributed by atoms with Gasteiger partial charge in [-0.2, -0.15) is 0 Å². The van der Waals surface area contributed by atoms with Gasteiger partial charge >= 0.3 is 0 Å². The summed E-state index contributed by atoms with van der Waals surface area (Å²) in [6.45, 7) is 1.54. The highest BCUT2D eigenvalue weighted by molar-refractivity contribution is 5.89. The van der Waals surface area contributed by atoms with Crippen LogP contribution in [-0.2, 0) is 10.2 Å². The van der Waals surface area contributed by atoms with Gasteiger partial charge in [-0.25, -0.2) is 0 Å². The lowest BCUT2D eigenvalue weighted by atomic mass is 9.77. The smallest absolute Gasteiger partial charge is 0.233 e. The van der Waals surface area contributed by atoms with Crippen LogP contribution in [-0.4, -0.2) is 37.0 Å². The van der Waals surface area contributed by atoms with Gasteiger partial charge in [-0.15, -0.1) is 0 Å². The number of rotatable bonds is 3. The summed E-state index contributed by atoms with van der Waals surface area (Å²) in [5.74, 6) is 1.10. The molecule has 4 nitrogen and oxygen atoms in total. The van der Waals surface area contributed by atoms with E-state index in [4.69, 9.17) is 10.5 Å². The summed E-state index contributed by atoms with van der Waals surface area (Å²) in [6.07, 6.45) is 6.14. The molecule has 1 aromatic rings. The van der Waals surface area contributed by atoms with Crippen molar-refractivity contribution in [1.82, 2.24) is 4.90 Å². The number of likely N-dealkylation sites (tertiary alicyclic amines) is 1. The molecule has 2 N–H and O–H groups in total. The lowest BCUT2D eigenvalue weighted by Gasteiger charge is -2.38. The molecule has 120 valence electrons. The van der Waals surface area contributed by atoms with E-state index < -0.39 is 0 Å². The van der Waals surface area contributed by atoms with Crippen molar-refractivity contribution in [3.05, 3.63) is 29.8 Å². The van der Waals surface area contributed by atoms with Crippen LogP contribution in [0.25, 0.3) is 0 Å². The Morgan fingerprint density at radius 1 is 1.32 bits per heavy atom. The van der Waals surface area contributed by atoms with Crippen LogP contribution in [0.3, 0.4) is 0 Å². The number of hydrogen-bond donors (Lipinski definition) is 1. The molecule has 1 saturated heterocycles. The Bertz CT molecular complexity index is 538. The van der Waals surface area contributed by atoms with E-state index in [2.05, 4.69) is 6.07 Å². The fourth-order valence-corrected chi connectivity index (χ4v) is 4.02. The minimum absolute atomic E-state index is 0.126. The van der Waals surface area contributed by atoms with Crippen molar-refractivity contribution in [1.29, 1.82) is 0 Å². The molecule has 0 bridgehead atoms. The molecule has 0 spiro atoms. The van der Waals surface area contributed by atoms with Crippen molar-refractivity contribution in [2.45, 2.75) is 50.0 Å². The lowest BCUT2D eigenvalue weighted by molar-refractivity contribution is -0.138. The number of benzene rings is 1. The van der Waals surface area contributed by atoms with Crippen LogP contribution < -0.4 is 10.5 Å². The van der Waals surface area contributed by atoms with Crippen molar-refractivity contribution in [3.8, 4) is 5.75 Å².